The second kappa shape index (κ2) is 16.8. The van der Waals surface area contributed by atoms with E-state index in [9.17, 15) is 19.5 Å². The van der Waals surface area contributed by atoms with Crippen molar-refractivity contribution in [1.29, 1.82) is 0 Å². The van der Waals surface area contributed by atoms with Crippen molar-refractivity contribution >= 4 is 46.1 Å². The quantitative estimate of drug-likeness (QED) is 0.165. The highest BCUT2D eigenvalue weighted by molar-refractivity contribution is 6.06. The Bertz CT molecular complexity index is 2440. The number of urea groups is 1. The van der Waals surface area contributed by atoms with E-state index in [0.717, 1.165) is 73.2 Å². The summed E-state index contributed by atoms with van der Waals surface area (Å²) in [5, 5.41) is 22.4. The lowest BCUT2D eigenvalue weighted by molar-refractivity contribution is -0.120. The summed E-state index contributed by atoms with van der Waals surface area (Å²) in [6, 6.07) is 18.8. The normalized spacial score (nSPS) is 24.0. The zero-order valence-electron chi connectivity index (χ0n) is 35.0. The topological polar surface area (TPSA) is 175 Å². The molecule has 2 aromatic carbocycles. The van der Waals surface area contributed by atoms with Crippen LogP contribution in [0, 0.1) is 12.8 Å². The number of morpholine rings is 1. The van der Waals surface area contributed by atoms with Gasteiger partial charge in [-0.2, -0.15) is 0 Å². The minimum Gasteiger partial charge on any atom is -0.507 e. The molecule has 5 aromatic rings. The molecule has 318 valence electrons. The number of amides is 4. The van der Waals surface area contributed by atoms with E-state index >= 15 is 0 Å². The maximum atomic E-state index is 13.7. The fraction of sp³-hybridized carbons (Fsp3) is 0.435. The van der Waals surface area contributed by atoms with E-state index in [1.54, 1.807) is 29.3 Å². The summed E-state index contributed by atoms with van der Waals surface area (Å²) in [5.74, 6) is 0.858. The molecule has 61 heavy (non-hydrogen) atoms. The summed E-state index contributed by atoms with van der Waals surface area (Å²) < 4.78 is 8.82. The van der Waals surface area contributed by atoms with Crippen molar-refractivity contribution in [2.45, 2.75) is 77.2 Å². The molecule has 3 unspecified atom stereocenters. The van der Waals surface area contributed by atoms with E-state index in [0.29, 0.717) is 66.5 Å². The number of hydrogen-bond donors (Lipinski definition) is 3. The number of carbonyl (C=O) groups is 3. The summed E-state index contributed by atoms with van der Waals surface area (Å²) in [4.78, 5) is 50.9. The molecule has 15 heteroatoms. The number of nitrogens with zero attached hydrogens (tertiary/aromatic N) is 8. The maximum Gasteiger partial charge on any atom is 0.328 e. The number of aromatic hydroxyl groups is 1. The first-order chi connectivity index (χ1) is 29.5. The van der Waals surface area contributed by atoms with Crippen LogP contribution in [0.3, 0.4) is 0 Å². The third kappa shape index (κ3) is 8.11. The maximum absolute atomic E-state index is 13.7. The molecule has 4 aliphatic rings. The Morgan fingerprint density at radius 3 is 2.44 bits per heavy atom. The molecule has 6 heterocycles. The molecular weight excluding hydrogens is 773 g/mol. The Morgan fingerprint density at radius 2 is 1.70 bits per heavy atom. The number of carbonyl (C=O) groups excluding carboxylic acids is 3. The van der Waals surface area contributed by atoms with Crippen molar-refractivity contribution in [2.75, 3.05) is 61.3 Å². The van der Waals surface area contributed by atoms with Crippen LogP contribution in [0.5, 0.6) is 5.75 Å². The number of phenolic OH excluding ortho intramolecular Hbond substituents is 1. The molecule has 3 saturated heterocycles. The van der Waals surface area contributed by atoms with Crippen molar-refractivity contribution in [1.82, 2.24) is 34.9 Å². The highest BCUT2D eigenvalue weighted by Crippen LogP contribution is 2.39. The van der Waals surface area contributed by atoms with Gasteiger partial charge in [0.15, 0.2) is 5.82 Å². The number of benzene rings is 2. The van der Waals surface area contributed by atoms with E-state index in [4.69, 9.17) is 15.5 Å². The van der Waals surface area contributed by atoms with Crippen LogP contribution in [0.15, 0.2) is 73.1 Å². The average Bonchev–Trinajstić information content (AvgIpc) is 3.60. The molecular formula is C46H54N10O5. The zero-order chi connectivity index (χ0) is 42.4. The second-order valence-electron chi connectivity index (χ2n) is 17.2. The highest BCUT2D eigenvalue weighted by Gasteiger charge is 2.35. The highest BCUT2D eigenvalue weighted by atomic mass is 16.5. The number of aromatic nitrogens is 4. The molecule has 0 radical (unpaired) electrons. The monoisotopic (exact) mass is 826 g/mol. The number of fused-ring (bicyclic) bond motifs is 1. The summed E-state index contributed by atoms with van der Waals surface area (Å²) in [6.45, 7) is 11.3. The first kappa shape index (κ1) is 40.4. The smallest absolute Gasteiger partial charge is 0.328 e. The molecule has 4 fully saturated rings. The van der Waals surface area contributed by atoms with Crippen LogP contribution >= 0.6 is 0 Å². The predicted octanol–water partition coefficient (Wildman–Crippen LogP) is 6.08. The number of nitrogen functional groups attached to an aromatic ring is 1. The van der Waals surface area contributed by atoms with Gasteiger partial charge in [0.1, 0.15) is 17.5 Å². The predicted molar refractivity (Wildman–Crippen MR) is 233 cm³/mol. The van der Waals surface area contributed by atoms with E-state index < -0.39 is 6.03 Å². The third-order valence-corrected chi connectivity index (χ3v) is 13.3. The van der Waals surface area contributed by atoms with Crippen LogP contribution in [0.1, 0.15) is 79.6 Å². The van der Waals surface area contributed by atoms with Gasteiger partial charge in [-0.05, 0) is 99.9 Å². The van der Waals surface area contributed by atoms with Crippen LogP contribution in [-0.2, 0) is 9.53 Å². The van der Waals surface area contributed by atoms with Crippen LogP contribution in [-0.4, -0.2) is 110 Å². The summed E-state index contributed by atoms with van der Waals surface area (Å²) in [5.41, 5.74) is 12.7. The third-order valence-electron chi connectivity index (χ3n) is 13.3. The molecule has 1 aliphatic carbocycles. The van der Waals surface area contributed by atoms with Crippen molar-refractivity contribution in [3.63, 3.8) is 0 Å². The number of para-hydroxylation sites is 1. The average molecular weight is 827 g/mol. The summed E-state index contributed by atoms with van der Waals surface area (Å²) in [7, 11) is 0. The number of anilines is 3. The Morgan fingerprint density at radius 1 is 0.951 bits per heavy atom. The van der Waals surface area contributed by atoms with Crippen LogP contribution in [0.2, 0.25) is 0 Å². The molecule has 4 N–H and O–H groups in total. The lowest BCUT2D eigenvalue weighted by atomic mass is 9.85. The number of ether oxygens (including phenoxy) is 1. The molecule has 15 nitrogen and oxygen atoms in total. The number of pyridine rings is 1. The van der Waals surface area contributed by atoms with Crippen molar-refractivity contribution < 1.29 is 24.2 Å². The van der Waals surface area contributed by atoms with Gasteiger partial charge in [0.05, 0.1) is 35.4 Å². The van der Waals surface area contributed by atoms with Gasteiger partial charge in [-0.25, -0.2) is 9.78 Å². The largest absolute Gasteiger partial charge is 0.507 e. The van der Waals surface area contributed by atoms with Gasteiger partial charge < -0.3 is 29.9 Å². The Labute approximate surface area is 355 Å². The Hall–Kier alpha value is -6.06. The fourth-order valence-electron chi connectivity index (χ4n) is 9.60. The molecule has 4 amide bonds. The van der Waals surface area contributed by atoms with Gasteiger partial charge in [-0.3, -0.25) is 24.7 Å². The van der Waals surface area contributed by atoms with E-state index in [1.165, 1.54) is 0 Å². The number of nitrogens with two attached hydrogens (primary N) is 1. The number of piperazine rings is 1. The molecule has 9 rings (SSSR count). The number of aryl methyl sites for hydroxylation is 1. The zero-order valence-corrected chi connectivity index (χ0v) is 35.0. The Balaban J connectivity index is 0.770. The lowest BCUT2D eigenvalue weighted by Gasteiger charge is -2.43. The van der Waals surface area contributed by atoms with Gasteiger partial charge in [-0.15, -0.1) is 10.2 Å². The van der Waals surface area contributed by atoms with E-state index in [-0.39, 0.29) is 42.2 Å². The number of nitrogens with one attached hydrogen (secondary N) is 1. The van der Waals surface area contributed by atoms with Crippen molar-refractivity contribution in [3.8, 4) is 17.0 Å². The summed E-state index contributed by atoms with van der Waals surface area (Å²) >= 11 is 0. The van der Waals surface area contributed by atoms with Gasteiger partial charge >= 0.3 is 6.03 Å². The second-order valence-corrected chi connectivity index (χ2v) is 17.2. The standard InChI is InChI=1S/C46H54N10O5/c1-28-25-56(44-37(28)22-35(24-48-44)54-17-16-42(58)49-46(54)60)34-14-8-31(9-15-34)26-52-18-20-53(21-19-52)45(59)33-12-10-32(11-13-33)41-27-55(29(2)30(3)61-41)39-23-38(50-51-43(39)47)36-6-4-5-7-40(36)57/h4-7,10-13,22-25,29-31,34,41,57H,8-9,14-21,26-27H2,1-3H3,(H2,47,51)(H,49,58,60). The lowest BCUT2D eigenvalue weighted by Crippen LogP contribution is -2.50. The SMILES string of the molecule is Cc1cn(C2CCC(CN3CCN(C(=O)c4ccc(C5CN(c6cc(-c7ccccc7O)nnc6N)C(C)C(C)O5)cc4)CC3)CC2)c2ncc(N3CCC(=O)NC3=O)cc12. The first-order valence-electron chi connectivity index (χ1n) is 21.5. The molecule has 3 aliphatic heterocycles. The fourth-order valence-corrected chi connectivity index (χ4v) is 9.60. The van der Waals surface area contributed by atoms with Gasteiger partial charge in [0.25, 0.3) is 5.91 Å². The van der Waals surface area contributed by atoms with Gasteiger partial charge in [0.2, 0.25) is 5.91 Å². The van der Waals surface area contributed by atoms with Crippen LogP contribution in [0.4, 0.5) is 22.0 Å². The number of imide groups is 1. The number of rotatable bonds is 8. The molecule has 0 spiro atoms. The van der Waals surface area contributed by atoms with Crippen LogP contribution in [0.25, 0.3) is 22.3 Å². The minimum absolute atomic E-state index is 0.00556. The summed E-state index contributed by atoms with van der Waals surface area (Å²) in [6.07, 6.45) is 8.30. The minimum atomic E-state index is -0.398. The number of hydrogen-bond acceptors (Lipinski definition) is 11. The molecule has 0 bridgehead atoms. The van der Waals surface area contributed by atoms with Gasteiger partial charge in [-0.1, -0.05) is 24.3 Å². The van der Waals surface area contributed by atoms with E-state index in [1.807, 2.05) is 54.3 Å². The Kier molecular flexibility index (Phi) is 11.1. The van der Waals surface area contributed by atoms with Gasteiger partial charge in [0, 0.05) is 81.0 Å². The number of phenols is 1. The molecule has 3 aromatic heterocycles. The first-order valence-corrected chi connectivity index (χ1v) is 21.5. The molecule has 3 atom stereocenters. The van der Waals surface area contributed by atoms with Crippen LogP contribution < -0.4 is 20.9 Å². The van der Waals surface area contributed by atoms with Crippen molar-refractivity contribution in [2.24, 2.45) is 5.92 Å². The molecule has 1 saturated carbocycles. The van der Waals surface area contributed by atoms with Crippen molar-refractivity contribution in [3.05, 3.63) is 89.7 Å². The van der Waals surface area contributed by atoms with E-state index in [2.05, 4.69) is 49.9 Å².